The number of rotatable bonds is 9. The van der Waals surface area contributed by atoms with Gasteiger partial charge in [-0.2, -0.15) is 0 Å². The molecule has 1 amide bonds. The average Bonchev–Trinajstić information content (AvgIpc) is 2.90. The van der Waals surface area contributed by atoms with Crippen molar-refractivity contribution in [1.82, 2.24) is 0 Å². The quantitative estimate of drug-likeness (QED) is 0.298. The van der Waals surface area contributed by atoms with Gasteiger partial charge < -0.3 is 19.7 Å². The Labute approximate surface area is 204 Å². The monoisotopic (exact) mass is 466 g/mol. The van der Waals surface area contributed by atoms with Crippen LogP contribution in [-0.2, 0) is 14.3 Å². The minimum absolute atomic E-state index is 0.0306. The highest BCUT2D eigenvalue weighted by Crippen LogP contribution is 2.25. The Morgan fingerprint density at radius 1 is 0.714 bits per heavy atom. The summed E-state index contributed by atoms with van der Waals surface area (Å²) in [5, 5.41) is 2.77. The Morgan fingerprint density at radius 3 is 1.74 bits per heavy atom. The molecule has 1 N–H and O–H groups in total. The summed E-state index contributed by atoms with van der Waals surface area (Å²) in [6, 6.07) is 35.5. The fourth-order valence-corrected chi connectivity index (χ4v) is 3.44. The molecule has 6 nitrogen and oxygen atoms in total. The van der Waals surface area contributed by atoms with E-state index in [2.05, 4.69) is 5.32 Å². The largest absolute Gasteiger partial charge is 0.457 e. The van der Waals surface area contributed by atoms with Crippen LogP contribution < -0.4 is 15.0 Å². The number of para-hydroxylation sites is 3. The van der Waals surface area contributed by atoms with Crippen LogP contribution >= 0.6 is 0 Å². The third-order valence-electron chi connectivity index (χ3n) is 5.20. The van der Waals surface area contributed by atoms with Crippen LogP contribution in [0, 0.1) is 0 Å². The highest BCUT2D eigenvalue weighted by atomic mass is 16.5. The number of hydrogen-bond acceptors (Lipinski definition) is 5. The summed E-state index contributed by atoms with van der Waals surface area (Å²) in [7, 11) is 0. The molecule has 1 unspecified atom stereocenters. The van der Waals surface area contributed by atoms with Crippen LogP contribution in [0.25, 0.3) is 0 Å². The van der Waals surface area contributed by atoms with Gasteiger partial charge in [0.1, 0.15) is 18.0 Å². The number of carbonyl (C=O) groups excluding carboxylic acids is 2. The van der Waals surface area contributed by atoms with Crippen LogP contribution in [0.4, 0.5) is 17.1 Å². The molecule has 0 bridgehead atoms. The van der Waals surface area contributed by atoms with Crippen LogP contribution in [0.2, 0.25) is 0 Å². The van der Waals surface area contributed by atoms with E-state index in [0.717, 1.165) is 17.1 Å². The van der Waals surface area contributed by atoms with Crippen LogP contribution in [-0.4, -0.2) is 24.5 Å². The van der Waals surface area contributed by atoms with Gasteiger partial charge in [0, 0.05) is 17.1 Å². The molecule has 0 aliphatic carbocycles. The number of ether oxygens (including phenoxy) is 2. The van der Waals surface area contributed by atoms with E-state index >= 15 is 0 Å². The molecule has 0 aliphatic heterocycles. The number of benzene rings is 4. The summed E-state index contributed by atoms with van der Waals surface area (Å²) in [6.45, 7) is 1.52. The highest BCUT2D eigenvalue weighted by Gasteiger charge is 2.21. The van der Waals surface area contributed by atoms with Crippen LogP contribution in [0.3, 0.4) is 0 Å². The summed E-state index contributed by atoms with van der Waals surface area (Å²) in [5.41, 5.74) is 2.28. The van der Waals surface area contributed by atoms with Gasteiger partial charge in [0.25, 0.3) is 5.91 Å². The predicted molar refractivity (Wildman–Crippen MR) is 137 cm³/mol. The van der Waals surface area contributed by atoms with Gasteiger partial charge in [0.15, 0.2) is 6.10 Å². The molecule has 0 aliphatic rings. The van der Waals surface area contributed by atoms with E-state index in [4.69, 9.17) is 9.47 Å². The van der Waals surface area contributed by atoms with Crippen molar-refractivity contribution in [3.8, 4) is 11.5 Å². The van der Waals surface area contributed by atoms with Crippen molar-refractivity contribution in [3.05, 3.63) is 115 Å². The normalized spacial score (nSPS) is 11.2. The maximum absolute atomic E-state index is 12.7. The van der Waals surface area contributed by atoms with Gasteiger partial charge in [0.05, 0.1) is 0 Å². The molecule has 0 aromatic heterocycles. The van der Waals surface area contributed by atoms with Crippen molar-refractivity contribution >= 4 is 28.9 Å². The first kappa shape index (κ1) is 23.6. The molecule has 4 rings (SSSR count). The lowest BCUT2D eigenvalue weighted by Gasteiger charge is -2.24. The summed E-state index contributed by atoms with van der Waals surface area (Å²) in [5.74, 6) is 0.452. The first-order chi connectivity index (χ1) is 17.1. The van der Waals surface area contributed by atoms with E-state index in [1.54, 1.807) is 31.2 Å². The molecule has 1 atom stereocenters. The van der Waals surface area contributed by atoms with Crippen molar-refractivity contribution in [1.29, 1.82) is 0 Å². The van der Waals surface area contributed by atoms with Crippen molar-refractivity contribution in [2.75, 3.05) is 16.8 Å². The minimum Gasteiger partial charge on any atom is -0.457 e. The molecule has 0 fully saturated rings. The second kappa shape index (κ2) is 11.5. The molecule has 0 heterocycles. The van der Waals surface area contributed by atoms with Gasteiger partial charge in [-0.15, -0.1) is 0 Å². The summed E-state index contributed by atoms with van der Waals surface area (Å²) in [6.07, 6.45) is -0.962. The number of nitrogens with zero attached hydrogens (tertiary/aromatic N) is 1. The molecule has 0 saturated carbocycles. The van der Waals surface area contributed by atoms with Crippen LogP contribution in [0.1, 0.15) is 6.92 Å². The number of amides is 1. The Morgan fingerprint density at radius 2 is 1.20 bits per heavy atom. The van der Waals surface area contributed by atoms with Crippen molar-refractivity contribution in [2.24, 2.45) is 0 Å². The lowest BCUT2D eigenvalue weighted by atomic mass is 10.2. The lowest BCUT2D eigenvalue weighted by molar-refractivity contribution is -0.151. The maximum Gasteiger partial charge on any atom is 0.326 e. The smallest absolute Gasteiger partial charge is 0.326 e. The number of nitrogens with one attached hydrogen (secondary N) is 1. The fraction of sp³-hybridized carbons (Fsp3) is 0.103. The Balaban J connectivity index is 1.34. The van der Waals surface area contributed by atoms with Crippen molar-refractivity contribution < 1.29 is 19.1 Å². The van der Waals surface area contributed by atoms with Crippen LogP contribution in [0.15, 0.2) is 115 Å². The molecule has 176 valence electrons. The Kier molecular flexibility index (Phi) is 7.76. The predicted octanol–water partition coefficient (Wildman–Crippen LogP) is 6.19. The SMILES string of the molecule is CC(OC(=O)CN(c1ccccc1)c1ccccc1)C(=O)Nc1ccc(Oc2ccccc2)cc1. The first-order valence-corrected chi connectivity index (χ1v) is 11.3. The number of hydrogen-bond donors (Lipinski definition) is 1. The molecular formula is C29H26N2O4. The van der Waals surface area contributed by atoms with E-state index in [0.29, 0.717) is 11.4 Å². The topological polar surface area (TPSA) is 67.9 Å². The minimum atomic E-state index is -0.962. The Bertz CT molecular complexity index is 1190. The zero-order valence-electron chi connectivity index (χ0n) is 19.3. The summed E-state index contributed by atoms with van der Waals surface area (Å²) < 4.78 is 11.2. The maximum atomic E-state index is 12.7. The first-order valence-electron chi connectivity index (χ1n) is 11.3. The second-order valence-electron chi connectivity index (χ2n) is 7.82. The van der Waals surface area contributed by atoms with E-state index < -0.39 is 18.0 Å². The second-order valence-corrected chi connectivity index (χ2v) is 7.82. The zero-order valence-corrected chi connectivity index (χ0v) is 19.3. The van der Waals surface area contributed by atoms with Gasteiger partial charge in [-0.1, -0.05) is 54.6 Å². The van der Waals surface area contributed by atoms with E-state index in [1.165, 1.54) is 0 Å². The molecule has 6 heteroatoms. The molecule has 4 aromatic carbocycles. The fourth-order valence-electron chi connectivity index (χ4n) is 3.44. The van der Waals surface area contributed by atoms with Crippen molar-refractivity contribution in [2.45, 2.75) is 13.0 Å². The van der Waals surface area contributed by atoms with Gasteiger partial charge in [-0.05, 0) is 67.6 Å². The Hall–Kier alpha value is -4.58. The lowest BCUT2D eigenvalue weighted by Crippen LogP contribution is -2.34. The third-order valence-corrected chi connectivity index (χ3v) is 5.20. The van der Waals surface area contributed by atoms with Gasteiger partial charge in [-0.25, -0.2) is 0 Å². The zero-order chi connectivity index (χ0) is 24.5. The van der Waals surface area contributed by atoms with E-state index in [1.807, 2.05) is 95.9 Å². The molecule has 0 radical (unpaired) electrons. The number of esters is 1. The molecule has 0 saturated heterocycles. The molecule has 0 spiro atoms. The molecule has 35 heavy (non-hydrogen) atoms. The molecule has 4 aromatic rings. The number of anilines is 3. The van der Waals surface area contributed by atoms with Crippen LogP contribution in [0.5, 0.6) is 11.5 Å². The third kappa shape index (κ3) is 6.71. The molecular weight excluding hydrogens is 440 g/mol. The average molecular weight is 467 g/mol. The summed E-state index contributed by atoms with van der Waals surface area (Å²) >= 11 is 0. The van der Waals surface area contributed by atoms with E-state index in [-0.39, 0.29) is 6.54 Å². The summed E-state index contributed by atoms with van der Waals surface area (Å²) in [4.78, 5) is 27.2. The van der Waals surface area contributed by atoms with Gasteiger partial charge in [-0.3, -0.25) is 9.59 Å². The van der Waals surface area contributed by atoms with Crippen molar-refractivity contribution in [3.63, 3.8) is 0 Å². The van der Waals surface area contributed by atoms with Gasteiger partial charge >= 0.3 is 5.97 Å². The van der Waals surface area contributed by atoms with Gasteiger partial charge in [0.2, 0.25) is 0 Å². The highest BCUT2D eigenvalue weighted by molar-refractivity contribution is 5.95. The number of carbonyl (C=O) groups is 2. The van der Waals surface area contributed by atoms with E-state index in [9.17, 15) is 9.59 Å². The standard InChI is InChI=1S/C29H26N2O4/c1-22(29(33)30-23-17-19-27(20-18-23)35-26-15-9-4-10-16-26)34-28(32)21-31(24-11-5-2-6-12-24)25-13-7-3-8-14-25/h2-20,22H,21H2,1H3,(H,30,33).